The minimum absolute atomic E-state index is 0.0888. The SMILES string of the molecule is COc1ccc(C(=O)Nc2c(C)cc(Br)cc2N)cc1F. The van der Waals surface area contributed by atoms with Crippen LogP contribution in [0.3, 0.4) is 0 Å². The van der Waals surface area contributed by atoms with E-state index in [0.717, 1.165) is 16.1 Å². The number of nitrogen functional groups attached to an aromatic ring is 1. The summed E-state index contributed by atoms with van der Waals surface area (Å²) in [6.07, 6.45) is 0. The van der Waals surface area contributed by atoms with Crippen LogP contribution in [-0.2, 0) is 0 Å². The van der Waals surface area contributed by atoms with Gasteiger partial charge >= 0.3 is 0 Å². The van der Waals surface area contributed by atoms with E-state index in [2.05, 4.69) is 21.2 Å². The van der Waals surface area contributed by atoms with Crippen LogP contribution in [0.4, 0.5) is 15.8 Å². The van der Waals surface area contributed by atoms with Gasteiger partial charge in [0.2, 0.25) is 0 Å². The zero-order valence-corrected chi connectivity index (χ0v) is 13.1. The van der Waals surface area contributed by atoms with Crippen molar-refractivity contribution in [2.45, 2.75) is 6.92 Å². The molecule has 0 unspecified atom stereocenters. The maximum absolute atomic E-state index is 13.6. The van der Waals surface area contributed by atoms with E-state index in [-0.39, 0.29) is 11.3 Å². The summed E-state index contributed by atoms with van der Waals surface area (Å²) in [7, 11) is 1.37. The number of hydrogen-bond donors (Lipinski definition) is 2. The van der Waals surface area contributed by atoms with Gasteiger partial charge in [0.25, 0.3) is 5.91 Å². The third-order valence-corrected chi connectivity index (χ3v) is 3.44. The lowest BCUT2D eigenvalue weighted by Gasteiger charge is -2.12. The molecule has 1 amide bonds. The molecule has 0 atom stereocenters. The molecule has 2 aromatic carbocycles. The van der Waals surface area contributed by atoms with Crippen molar-refractivity contribution in [3.05, 3.63) is 51.7 Å². The highest BCUT2D eigenvalue weighted by molar-refractivity contribution is 9.10. The first-order chi connectivity index (χ1) is 9.92. The number of benzene rings is 2. The van der Waals surface area contributed by atoms with Gasteiger partial charge < -0.3 is 15.8 Å². The predicted molar refractivity (Wildman–Crippen MR) is 84.2 cm³/mol. The number of nitrogens with one attached hydrogen (secondary N) is 1. The summed E-state index contributed by atoms with van der Waals surface area (Å²) in [6.45, 7) is 1.82. The topological polar surface area (TPSA) is 64.3 Å². The third kappa shape index (κ3) is 3.33. The van der Waals surface area contributed by atoms with Crippen molar-refractivity contribution in [2.24, 2.45) is 0 Å². The molecule has 0 aliphatic carbocycles. The van der Waals surface area contributed by atoms with Gasteiger partial charge in [0.05, 0.1) is 18.5 Å². The number of nitrogens with two attached hydrogens (primary N) is 1. The minimum Gasteiger partial charge on any atom is -0.494 e. The van der Waals surface area contributed by atoms with Crippen LogP contribution < -0.4 is 15.8 Å². The number of methoxy groups -OCH3 is 1. The molecule has 0 heterocycles. The summed E-state index contributed by atoms with van der Waals surface area (Å²) in [6, 6.07) is 7.54. The van der Waals surface area contributed by atoms with Crippen LogP contribution in [0.1, 0.15) is 15.9 Å². The van der Waals surface area contributed by atoms with Crippen molar-refractivity contribution < 1.29 is 13.9 Å². The van der Waals surface area contributed by atoms with Crippen LogP contribution in [-0.4, -0.2) is 13.0 Å². The first-order valence-corrected chi connectivity index (χ1v) is 6.92. The molecule has 0 fully saturated rings. The summed E-state index contributed by atoms with van der Waals surface area (Å²) in [5.41, 5.74) is 7.83. The maximum atomic E-state index is 13.6. The van der Waals surface area contributed by atoms with E-state index in [4.69, 9.17) is 10.5 Å². The molecular formula is C15H14BrFN2O2. The molecule has 0 saturated carbocycles. The fraction of sp³-hybridized carbons (Fsp3) is 0.133. The van der Waals surface area contributed by atoms with E-state index >= 15 is 0 Å². The Labute approximate surface area is 130 Å². The zero-order valence-electron chi connectivity index (χ0n) is 11.5. The van der Waals surface area contributed by atoms with E-state index < -0.39 is 11.7 Å². The number of ether oxygens (including phenoxy) is 1. The first-order valence-electron chi connectivity index (χ1n) is 6.13. The van der Waals surface area contributed by atoms with E-state index in [1.54, 1.807) is 6.07 Å². The van der Waals surface area contributed by atoms with E-state index in [0.29, 0.717) is 11.4 Å². The number of anilines is 2. The molecule has 0 aliphatic rings. The van der Waals surface area contributed by atoms with Crippen molar-refractivity contribution >= 4 is 33.2 Å². The van der Waals surface area contributed by atoms with Crippen LogP contribution in [0.15, 0.2) is 34.8 Å². The molecule has 6 heteroatoms. The highest BCUT2D eigenvalue weighted by Gasteiger charge is 2.13. The third-order valence-electron chi connectivity index (χ3n) is 2.98. The molecule has 0 bridgehead atoms. The summed E-state index contributed by atoms with van der Waals surface area (Å²) >= 11 is 3.33. The molecule has 0 aromatic heterocycles. The van der Waals surface area contributed by atoms with Gasteiger partial charge in [-0.3, -0.25) is 4.79 Å². The average Bonchev–Trinajstić information content (AvgIpc) is 2.42. The second-order valence-electron chi connectivity index (χ2n) is 4.49. The molecule has 0 radical (unpaired) electrons. The van der Waals surface area contributed by atoms with Crippen LogP contribution in [0.5, 0.6) is 5.75 Å². The lowest BCUT2D eigenvalue weighted by atomic mass is 10.1. The van der Waals surface area contributed by atoms with Crippen molar-refractivity contribution in [1.29, 1.82) is 0 Å². The van der Waals surface area contributed by atoms with Crippen LogP contribution in [0.25, 0.3) is 0 Å². The summed E-state index contributed by atoms with van der Waals surface area (Å²) in [5, 5.41) is 2.69. The van der Waals surface area contributed by atoms with Crippen LogP contribution in [0, 0.1) is 12.7 Å². The molecule has 0 saturated heterocycles. The Balaban J connectivity index is 2.28. The highest BCUT2D eigenvalue weighted by atomic mass is 79.9. The van der Waals surface area contributed by atoms with Crippen LogP contribution >= 0.6 is 15.9 Å². The van der Waals surface area contributed by atoms with E-state index in [9.17, 15) is 9.18 Å². The van der Waals surface area contributed by atoms with Crippen molar-refractivity contribution in [2.75, 3.05) is 18.2 Å². The van der Waals surface area contributed by atoms with Crippen LogP contribution in [0.2, 0.25) is 0 Å². The van der Waals surface area contributed by atoms with E-state index in [1.165, 1.54) is 19.2 Å². The predicted octanol–water partition coefficient (Wildman–Crippen LogP) is 3.74. The van der Waals surface area contributed by atoms with Gasteiger partial charge in [0, 0.05) is 10.0 Å². The number of amides is 1. The molecule has 2 aromatic rings. The molecule has 21 heavy (non-hydrogen) atoms. The summed E-state index contributed by atoms with van der Waals surface area (Å²) in [4.78, 5) is 12.2. The number of aryl methyl sites for hydroxylation is 1. The molecule has 2 rings (SSSR count). The molecule has 110 valence electrons. The number of halogens is 2. The normalized spacial score (nSPS) is 10.3. The Morgan fingerprint density at radius 3 is 2.62 bits per heavy atom. The number of carbonyl (C=O) groups excluding carboxylic acids is 1. The van der Waals surface area contributed by atoms with Crippen molar-refractivity contribution in [3.63, 3.8) is 0 Å². The quantitative estimate of drug-likeness (QED) is 0.827. The van der Waals surface area contributed by atoms with Gasteiger partial charge in [-0.1, -0.05) is 15.9 Å². The van der Waals surface area contributed by atoms with Gasteiger partial charge in [0.15, 0.2) is 11.6 Å². The van der Waals surface area contributed by atoms with E-state index in [1.807, 2.05) is 13.0 Å². The lowest BCUT2D eigenvalue weighted by Crippen LogP contribution is -2.14. The number of rotatable bonds is 3. The second kappa shape index (κ2) is 6.13. The fourth-order valence-corrected chi connectivity index (χ4v) is 2.52. The second-order valence-corrected chi connectivity index (χ2v) is 5.41. The average molecular weight is 353 g/mol. The zero-order chi connectivity index (χ0) is 15.6. The van der Waals surface area contributed by atoms with Gasteiger partial charge in [-0.15, -0.1) is 0 Å². The molecule has 0 spiro atoms. The lowest BCUT2D eigenvalue weighted by molar-refractivity contribution is 0.102. The smallest absolute Gasteiger partial charge is 0.255 e. The fourth-order valence-electron chi connectivity index (χ4n) is 1.93. The van der Waals surface area contributed by atoms with Crippen molar-refractivity contribution in [3.8, 4) is 5.75 Å². The van der Waals surface area contributed by atoms with Crippen molar-refractivity contribution in [1.82, 2.24) is 0 Å². The largest absolute Gasteiger partial charge is 0.494 e. The molecule has 0 aliphatic heterocycles. The maximum Gasteiger partial charge on any atom is 0.255 e. The molecule has 3 N–H and O–H groups in total. The van der Waals surface area contributed by atoms with Gasteiger partial charge in [-0.05, 0) is 42.8 Å². The monoisotopic (exact) mass is 352 g/mol. The Morgan fingerprint density at radius 2 is 2.05 bits per heavy atom. The molecule has 4 nitrogen and oxygen atoms in total. The minimum atomic E-state index is -0.592. The van der Waals surface area contributed by atoms with Gasteiger partial charge in [0.1, 0.15) is 0 Å². The van der Waals surface area contributed by atoms with Gasteiger partial charge in [-0.25, -0.2) is 4.39 Å². The van der Waals surface area contributed by atoms with Gasteiger partial charge in [-0.2, -0.15) is 0 Å². The standard InChI is InChI=1S/C15H14BrFN2O2/c1-8-5-10(16)7-12(18)14(8)19-15(20)9-3-4-13(21-2)11(17)6-9/h3-7H,18H2,1-2H3,(H,19,20). The molecular weight excluding hydrogens is 339 g/mol. The Morgan fingerprint density at radius 1 is 1.33 bits per heavy atom. The number of hydrogen-bond acceptors (Lipinski definition) is 3. The highest BCUT2D eigenvalue weighted by Crippen LogP contribution is 2.28. The Kier molecular flexibility index (Phi) is 4.47. The first kappa shape index (κ1) is 15.3. The summed E-state index contributed by atoms with van der Waals surface area (Å²) < 4.78 is 19.3. The Bertz CT molecular complexity index is 681. The Hall–Kier alpha value is -2.08. The number of carbonyl (C=O) groups is 1. The summed E-state index contributed by atoms with van der Waals surface area (Å²) in [5.74, 6) is -0.940.